The molecular weight excluding hydrogens is 1050 g/mol. The van der Waals surface area contributed by atoms with Gasteiger partial charge >= 0.3 is 5.97 Å². The molecule has 4 heteroatoms. The van der Waals surface area contributed by atoms with Crippen molar-refractivity contribution < 1.29 is 19.7 Å². The van der Waals surface area contributed by atoms with E-state index in [9.17, 15) is 15.0 Å². The van der Waals surface area contributed by atoms with Gasteiger partial charge in [-0.25, -0.2) is 0 Å². The number of rotatable bonds is 76. The van der Waals surface area contributed by atoms with E-state index in [0.29, 0.717) is 24.9 Å². The summed E-state index contributed by atoms with van der Waals surface area (Å²) in [7, 11) is 1.95. The van der Waals surface area contributed by atoms with E-state index in [1.165, 1.54) is 405 Å². The predicted molar refractivity (Wildman–Crippen MR) is 385 cm³/mol. The van der Waals surface area contributed by atoms with E-state index in [4.69, 9.17) is 4.74 Å². The van der Waals surface area contributed by atoms with Gasteiger partial charge in [-0.2, -0.15) is 0 Å². The van der Waals surface area contributed by atoms with Crippen LogP contribution in [0.5, 0.6) is 0 Å². The monoisotopic (exact) mass is 1210 g/mol. The Morgan fingerprint density at radius 1 is 0.314 bits per heavy atom. The van der Waals surface area contributed by atoms with Gasteiger partial charge in [-0.15, -0.1) is 0 Å². The van der Waals surface area contributed by atoms with Crippen molar-refractivity contribution in [1.29, 1.82) is 0 Å². The van der Waals surface area contributed by atoms with Crippen molar-refractivity contribution in [1.82, 2.24) is 0 Å². The molecule has 0 aromatic rings. The number of carbonyl (C=O) groups is 1. The highest BCUT2D eigenvalue weighted by molar-refractivity contribution is 5.70. The number of methoxy groups -OCH3 is 1. The molecule has 514 valence electrons. The second-order valence-electron chi connectivity index (χ2n) is 29.0. The van der Waals surface area contributed by atoms with E-state index in [1.54, 1.807) is 0 Å². The van der Waals surface area contributed by atoms with Gasteiger partial charge in [-0.3, -0.25) is 4.79 Å². The molecule has 5 unspecified atom stereocenters. The fourth-order valence-corrected chi connectivity index (χ4v) is 14.1. The molecule has 0 rings (SSSR count). The third-order valence-electron chi connectivity index (χ3n) is 20.3. The number of hydrogen-bond donors (Lipinski definition) is 2. The van der Waals surface area contributed by atoms with E-state index >= 15 is 0 Å². The smallest absolute Gasteiger partial charge is 0.309 e. The molecule has 0 aliphatic heterocycles. The van der Waals surface area contributed by atoms with Crippen LogP contribution in [0.2, 0.25) is 0 Å². The van der Waals surface area contributed by atoms with Gasteiger partial charge in [0.25, 0.3) is 0 Å². The molecule has 0 aliphatic rings. The third-order valence-corrected chi connectivity index (χ3v) is 20.3. The largest absolute Gasteiger partial charge is 0.481 e. The number of unbranched alkanes of at least 4 members (excludes halogenated alkanes) is 60. The molecule has 86 heavy (non-hydrogen) atoms. The molecule has 0 aromatic heterocycles. The second-order valence-corrected chi connectivity index (χ2v) is 29.0. The summed E-state index contributed by atoms with van der Waals surface area (Å²) in [5.41, 5.74) is 0. The summed E-state index contributed by atoms with van der Waals surface area (Å²) in [6.45, 7) is 9.47. The van der Waals surface area contributed by atoms with Gasteiger partial charge < -0.3 is 14.9 Å². The topological polar surface area (TPSA) is 66.8 Å². The molecule has 0 spiro atoms. The van der Waals surface area contributed by atoms with Gasteiger partial charge in [0, 0.05) is 7.11 Å². The number of aliphatic hydroxyl groups excluding tert-OH is 1. The fraction of sp³-hybridized carbons (Fsp3) is 0.963. The number of allylic oxidation sites excluding steroid dienone is 2. The fourth-order valence-electron chi connectivity index (χ4n) is 14.1. The van der Waals surface area contributed by atoms with E-state index in [2.05, 4.69) is 39.8 Å². The molecule has 0 aromatic carbocycles. The number of ether oxygens (including phenoxy) is 1. The number of hydrogen-bond acceptors (Lipinski definition) is 3. The Labute approximate surface area is 542 Å². The average Bonchev–Trinajstić information content (AvgIpc) is 3.52. The maximum Gasteiger partial charge on any atom is 0.309 e. The summed E-state index contributed by atoms with van der Waals surface area (Å²) in [5.74, 6) is 0.0579. The van der Waals surface area contributed by atoms with Crippen molar-refractivity contribution >= 4 is 5.97 Å². The van der Waals surface area contributed by atoms with Crippen molar-refractivity contribution in [3.05, 3.63) is 12.2 Å². The molecule has 4 nitrogen and oxygen atoms in total. The zero-order valence-electron chi connectivity index (χ0n) is 60.0. The van der Waals surface area contributed by atoms with Crippen molar-refractivity contribution in [3.8, 4) is 0 Å². The molecule has 2 N–H and O–H groups in total. The first-order valence-corrected chi connectivity index (χ1v) is 40.5. The average molecular weight is 1210 g/mol. The van der Waals surface area contributed by atoms with Gasteiger partial charge in [0.05, 0.1) is 18.1 Å². The lowest BCUT2D eigenvalue weighted by atomic mass is 9.91. The lowest BCUT2D eigenvalue weighted by Crippen LogP contribution is -2.28. The lowest BCUT2D eigenvalue weighted by molar-refractivity contribution is -0.146. The Bertz CT molecular complexity index is 1280. The van der Waals surface area contributed by atoms with Crippen LogP contribution < -0.4 is 0 Å². The summed E-state index contributed by atoms with van der Waals surface area (Å²) in [5, 5.41) is 20.5. The van der Waals surface area contributed by atoms with Crippen LogP contribution >= 0.6 is 0 Å². The Morgan fingerprint density at radius 3 is 0.826 bits per heavy atom. The first-order chi connectivity index (χ1) is 42.4. The molecule has 5 atom stereocenters. The van der Waals surface area contributed by atoms with E-state index in [0.717, 1.165) is 31.6 Å². The first-order valence-electron chi connectivity index (χ1n) is 40.5. The summed E-state index contributed by atoms with van der Waals surface area (Å²) >= 11 is 0. The number of carboxylic acid groups (broad SMARTS) is 1. The van der Waals surface area contributed by atoms with Crippen molar-refractivity contribution in [2.45, 2.75) is 483 Å². The predicted octanol–water partition coefficient (Wildman–Crippen LogP) is 28.8. The van der Waals surface area contributed by atoms with Gasteiger partial charge in [0.2, 0.25) is 0 Å². The van der Waals surface area contributed by atoms with Crippen LogP contribution in [0, 0.1) is 17.8 Å². The highest BCUT2D eigenvalue weighted by atomic mass is 16.5. The Kier molecular flexibility index (Phi) is 72.4. The van der Waals surface area contributed by atoms with E-state index in [1.807, 2.05) is 7.11 Å². The number of aliphatic carboxylic acids is 1. The molecule has 0 bridgehead atoms. The Hall–Kier alpha value is -0.870. The molecule has 0 saturated heterocycles. The molecule has 0 saturated carbocycles. The van der Waals surface area contributed by atoms with Gasteiger partial charge in [0.15, 0.2) is 0 Å². The zero-order chi connectivity index (χ0) is 62.4. The van der Waals surface area contributed by atoms with E-state index < -0.39 is 18.0 Å². The Balaban J connectivity index is 3.48. The van der Waals surface area contributed by atoms with E-state index in [-0.39, 0.29) is 0 Å². The van der Waals surface area contributed by atoms with Crippen LogP contribution in [0.25, 0.3) is 0 Å². The molecule has 0 heterocycles. The lowest BCUT2D eigenvalue weighted by Gasteiger charge is -2.22. The number of carboxylic acids is 1. The first kappa shape index (κ1) is 85.1. The molecule has 0 aliphatic carbocycles. The minimum atomic E-state index is -0.802. The minimum absolute atomic E-state index is 0.464. The molecule has 0 fully saturated rings. The van der Waals surface area contributed by atoms with Crippen LogP contribution in [-0.4, -0.2) is 35.5 Å². The summed E-state index contributed by atoms with van der Waals surface area (Å²) in [6.07, 6.45) is 98.4. The number of aliphatic hydroxyl groups is 1. The van der Waals surface area contributed by atoms with Crippen LogP contribution in [-0.2, 0) is 9.53 Å². The van der Waals surface area contributed by atoms with Crippen LogP contribution in [0.4, 0.5) is 0 Å². The maximum atomic E-state index is 12.0. The van der Waals surface area contributed by atoms with Gasteiger partial charge in [0.1, 0.15) is 0 Å². The van der Waals surface area contributed by atoms with Crippen LogP contribution in [0.3, 0.4) is 0 Å². The highest BCUT2D eigenvalue weighted by Gasteiger charge is 2.25. The van der Waals surface area contributed by atoms with Crippen molar-refractivity contribution in [3.63, 3.8) is 0 Å². The van der Waals surface area contributed by atoms with Gasteiger partial charge in [-0.05, 0) is 56.8 Å². The standard InChI is InChI=1S/C82H162O4/c1-6-8-10-12-14-16-18-20-22-24-25-26-27-32-38-44-50-56-62-68-74-79(82(84)85)80(83)75-69-63-57-51-45-39-33-29-28-30-35-41-47-53-59-65-71-77(3)72-66-60-54-48-42-36-34-40-46-52-58-64-70-76-81(86-5)78(4)73-67-61-55-49-43-37-31-23-21-19-17-15-13-11-9-7-2/h66,72,77-81,83H,6-65,67-71,73-76H2,1-5H3,(H,84,85)/b72-66+. The second kappa shape index (κ2) is 73.2. The SMILES string of the molecule is CCCCCCCCCCCCCCCCCCCCCCC(C(=O)O)C(O)CCCCCCCCCCCCCCCCCCC(C)/C=C/CCCCCCCCCCCCCC(OC)C(C)CCCCCCCCCCCCCCCCCC. The highest BCUT2D eigenvalue weighted by Crippen LogP contribution is 2.25. The zero-order valence-corrected chi connectivity index (χ0v) is 60.0. The molecule has 0 amide bonds. The maximum absolute atomic E-state index is 12.0. The van der Waals surface area contributed by atoms with Crippen molar-refractivity contribution in [2.75, 3.05) is 7.11 Å². The van der Waals surface area contributed by atoms with Crippen LogP contribution in [0.15, 0.2) is 12.2 Å². The molecular formula is C82H162O4. The summed E-state index contributed by atoms with van der Waals surface area (Å²) in [6, 6.07) is 0. The quantitative estimate of drug-likeness (QED) is 0.0470. The normalized spacial score (nSPS) is 13.7. The third kappa shape index (κ3) is 66.1. The summed E-state index contributed by atoms with van der Waals surface area (Å²) < 4.78 is 5.98. The Morgan fingerprint density at radius 2 is 0.547 bits per heavy atom. The van der Waals surface area contributed by atoms with Crippen LogP contribution in [0.1, 0.15) is 471 Å². The van der Waals surface area contributed by atoms with Gasteiger partial charge in [-0.1, -0.05) is 438 Å². The minimum Gasteiger partial charge on any atom is -0.481 e. The van der Waals surface area contributed by atoms with Crippen molar-refractivity contribution in [2.24, 2.45) is 17.8 Å². The summed E-state index contributed by atoms with van der Waals surface area (Å²) in [4.78, 5) is 12.0. The molecule has 0 radical (unpaired) electrons.